The summed E-state index contributed by atoms with van der Waals surface area (Å²) in [5.41, 5.74) is 1.15. The summed E-state index contributed by atoms with van der Waals surface area (Å²) >= 11 is 7.29. The average molecular weight is 322 g/mol. The van der Waals surface area contributed by atoms with E-state index in [-0.39, 0.29) is 5.91 Å². The Morgan fingerprint density at radius 2 is 2.05 bits per heavy atom. The van der Waals surface area contributed by atoms with E-state index in [1.54, 1.807) is 0 Å². The predicted molar refractivity (Wildman–Crippen MR) is 84.7 cm³/mol. The standard InChI is InChI=1S/C15H16ClN3OS/c16-14-4-3-12(10-17-14)11-18-5-7-19(8-6-18)15(20)13-2-1-9-21-13/h1-4,9-10H,5-8,11H2. The van der Waals surface area contributed by atoms with Crippen molar-refractivity contribution in [2.75, 3.05) is 26.2 Å². The Bertz CT molecular complexity index is 592. The summed E-state index contributed by atoms with van der Waals surface area (Å²) in [7, 11) is 0. The summed E-state index contributed by atoms with van der Waals surface area (Å²) < 4.78 is 0. The number of carbonyl (C=O) groups is 1. The molecule has 0 saturated carbocycles. The number of halogens is 1. The van der Waals surface area contributed by atoms with Gasteiger partial charge in [-0.3, -0.25) is 9.69 Å². The van der Waals surface area contributed by atoms with Gasteiger partial charge in [-0.15, -0.1) is 11.3 Å². The SMILES string of the molecule is O=C(c1cccs1)N1CCN(Cc2ccc(Cl)nc2)CC1. The minimum atomic E-state index is 0.151. The molecule has 0 atom stereocenters. The van der Waals surface area contributed by atoms with Crippen molar-refractivity contribution >= 4 is 28.8 Å². The first-order valence-electron chi connectivity index (χ1n) is 6.88. The molecular weight excluding hydrogens is 306 g/mol. The summed E-state index contributed by atoms with van der Waals surface area (Å²) in [6, 6.07) is 7.62. The van der Waals surface area contributed by atoms with E-state index in [4.69, 9.17) is 11.6 Å². The molecule has 2 aromatic heterocycles. The quantitative estimate of drug-likeness (QED) is 0.816. The van der Waals surface area contributed by atoms with Gasteiger partial charge in [0.25, 0.3) is 5.91 Å². The normalized spacial score (nSPS) is 16.1. The predicted octanol–water partition coefficient (Wildman–Crippen LogP) is 2.75. The fraction of sp³-hybridized carbons (Fsp3) is 0.333. The van der Waals surface area contributed by atoms with Crippen LogP contribution < -0.4 is 0 Å². The molecule has 0 bridgehead atoms. The van der Waals surface area contributed by atoms with E-state index in [1.165, 1.54) is 11.3 Å². The third-order valence-corrected chi connectivity index (χ3v) is 4.67. The zero-order chi connectivity index (χ0) is 14.7. The number of aromatic nitrogens is 1. The molecule has 0 N–H and O–H groups in total. The van der Waals surface area contributed by atoms with Crippen molar-refractivity contribution in [2.24, 2.45) is 0 Å². The first kappa shape index (κ1) is 14.5. The van der Waals surface area contributed by atoms with Crippen LogP contribution in [0.1, 0.15) is 15.2 Å². The van der Waals surface area contributed by atoms with Crippen LogP contribution in [0.2, 0.25) is 5.15 Å². The Morgan fingerprint density at radius 3 is 2.67 bits per heavy atom. The molecule has 0 unspecified atom stereocenters. The minimum Gasteiger partial charge on any atom is -0.335 e. The highest BCUT2D eigenvalue weighted by molar-refractivity contribution is 7.12. The van der Waals surface area contributed by atoms with Crippen molar-refractivity contribution in [1.82, 2.24) is 14.8 Å². The number of thiophene rings is 1. The maximum absolute atomic E-state index is 12.3. The third kappa shape index (κ3) is 3.61. The van der Waals surface area contributed by atoms with Crippen molar-refractivity contribution in [3.8, 4) is 0 Å². The number of amides is 1. The van der Waals surface area contributed by atoms with Gasteiger partial charge in [-0.25, -0.2) is 4.98 Å². The van der Waals surface area contributed by atoms with Gasteiger partial charge >= 0.3 is 0 Å². The Kier molecular flexibility index (Phi) is 4.53. The maximum Gasteiger partial charge on any atom is 0.264 e. The van der Waals surface area contributed by atoms with Crippen LogP contribution in [-0.2, 0) is 6.54 Å². The highest BCUT2D eigenvalue weighted by Crippen LogP contribution is 2.15. The molecule has 3 rings (SSSR count). The lowest BCUT2D eigenvalue weighted by Crippen LogP contribution is -2.48. The molecule has 0 spiro atoms. The topological polar surface area (TPSA) is 36.4 Å². The van der Waals surface area contributed by atoms with E-state index < -0.39 is 0 Å². The lowest BCUT2D eigenvalue weighted by atomic mass is 10.2. The summed E-state index contributed by atoms with van der Waals surface area (Å²) in [6.45, 7) is 4.18. The lowest BCUT2D eigenvalue weighted by Gasteiger charge is -2.34. The minimum absolute atomic E-state index is 0.151. The van der Waals surface area contributed by atoms with E-state index >= 15 is 0 Å². The van der Waals surface area contributed by atoms with Gasteiger partial charge in [-0.05, 0) is 23.1 Å². The smallest absolute Gasteiger partial charge is 0.264 e. The van der Waals surface area contributed by atoms with Crippen LogP contribution in [0.15, 0.2) is 35.8 Å². The number of hydrogen-bond donors (Lipinski definition) is 0. The van der Waals surface area contributed by atoms with Gasteiger partial charge in [0, 0.05) is 38.9 Å². The van der Waals surface area contributed by atoms with Crippen LogP contribution >= 0.6 is 22.9 Å². The average Bonchev–Trinajstić information content (AvgIpc) is 3.04. The second-order valence-electron chi connectivity index (χ2n) is 5.03. The van der Waals surface area contributed by atoms with Gasteiger partial charge in [0.2, 0.25) is 0 Å². The Labute approximate surface area is 133 Å². The van der Waals surface area contributed by atoms with Gasteiger partial charge in [-0.2, -0.15) is 0 Å². The molecule has 21 heavy (non-hydrogen) atoms. The van der Waals surface area contributed by atoms with Crippen LogP contribution in [-0.4, -0.2) is 46.9 Å². The second kappa shape index (κ2) is 6.56. The molecule has 6 heteroatoms. The van der Waals surface area contributed by atoms with E-state index in [0.717, 1.165) is 43.2 Å². The van der Waals surface area contributed by atoms with E-state index in [2.05, 4.69) is 9.88 Å². The highest BCUT2D eigenvalue weighted by Gasteiger charge is 2.22. The number of rotatable bonds is 3. The molecule has 1 amide bonds. The van der Waals surface area contributed by atoms with Crippen LogP contribution in [0.3, 0.4) is 0 Å². The maximum atomic E-state index is 12.3. The molecule has 2 aromatic rings. The fourth-order valence-corrected chi connectivity index (χ4v) is 3.23. The van der Waals surface area contributed by atoms with E-state index in [1.807, 2.05) is 40.7 Å². The van der Waals surface area contributed by atoms with Gasteiger partial charge < -0.3 is 4.90 Å². The Hall–Kier alpha value is -1.43. The fourth-order valence-electron chi connectivity index (χ4n) is 2.42. The molecular formula is C15H16ClN3OS. The summed E-state index contributed by atoms with van der Waals surface area (Å²) in [4.78, 5) is 21.4. The Balaban J connectivity index is 1.53. The lowest BCUT2D eigenvalue weighted by molar-refractivity contribution is 0.0633. The molecule has 0 aliphatic carbocycles. The highest BCUT2D eigenvalue weighted by atomic mass is 35.5. The van der Waals surface area contributed by atoms with Crippen LogP contribution in [0.5, 0.6) is 0 Å². The molecule has 1 saturated heterocycles. The van der Waals surface area contributed by atoms with Crippen LogP contribution in [0.4, 0.5) is 0 Å². The second-order valence-corrected chi connectivity index (χ2v) is 6.37. The molecule has 1 aliphatic rings. The van der Waals surface area contributed by atoms with Crippen molar-refractivity contribution in [3.05, 3.63) is 51.4 Å². The number of piperazine rings is 1. The van der Waals surface area contributed by atoms with Crippen LogP contribution in [0, 0.1) is 0 Å². The molecule has 110 valence electrons. The largest absolute Gasteiger partial charge is 0.335 e. The van der Waals surface area contributed by atoms with Crippen molar-refractivity contribution in [3.63, 3.8) is 0 Å². The molecule has 1 fully saturated rings. The number of hydrogen-bond acceptors (Lipinski definition) is 4. The summed E-state index contributed by atoms with van der Waals surface area (Å²) in [6.07, 6.45) is 1.81. The zero-order valence-electron chi connectivity index (χ0n) is 11.5. The van der Waals surface area contributed by atoms with Gasteiger partial charge in [0.1, 0.15) is 5.15 Å². The van der Waals surface area contributed by atoms with Crippen molar-refractivity contribution in [2.45, 2.75) is 6.54 Å². The first-order chi connectivity index (χ1) is 10.2. The van der Waals surface area contributed by atoms with E-state index in [9.17, 15) is 4.79 Å². The van der Waals surface area contributed by atoms with Gasteiger partial charge in [-0.1, -0.05) is 23.7 Å². The van der Waals surface area contributed by atoms with E-state index in [0.29, 0.717) is 5.15 Å². The zero-order valence-corrected chi connectivity index (χ0v) is 13.1. The van der Waals surface area contributed by atoms with Crippen molar-refractivity contribution < 1.29 is 4.79 Å². The summed E-state index contributed by atoms with van der Waals surface area (Å²) in [5.74, 6) is 0.151. The molecule has 0 aromatic carbocycles. The number of carbonyl (C=O) groups excluding carboxylic acids is 1. The number of pyridine rings is 1. The van der Waals surface area contributed by atoms with Crippen molar-refractivity contribution in [1.29, 1.82) is 0 Å². The first-order valence-corrected chi connectivity index (χ1v) is 8.14. The summed E-state index contributed by atoms with van der Waals surface area (Å²) in [5, 5.41) is 2.46. The molecule has 1 aliphatic heterocycles. The monoisotopic (exact) mass is 321 g/mol. The van der Waals surface area contributed by atoms with Crippen LogP contribution in [0.25, 0.3) is 0 Å². The molecule has 4 nitrogen and oxygen atoms in total. The Morgan fingerprint density at radius 1 is 1.24 bits per heavy atom. The van der Waals surface area contributed by atoms with Gasteiger partial charge in [0.15, 0.2) is 0 Å². The molecule has 3 heterocycles. The number of nitrogens with zero attached hydrogens (tertiary/aromatic N) is 3. The van der Waals surface area contributed by atoms with Gasteiger partial charge in [0.05, 0.1) is 4.88 Å². The molecule has 0 radical (unpaired) electrons. The third-order valence-electron chi connectivity index (χ3n) is 3.59.